The van der Waals surface area contributed by atoms with Crippen molar-refractivity contribution in [1.29, 1.82) is 0 Å². The maximum absolute atomic E-state index is 12.5. The molecule has 0 aromatic carbocycles. The predicted octanol–water partition coefficient (Wildman–Crippen LogP) is 8.05. The van der Waals surface area contributed by atoms with Gasteiger partial charge in [0.2, 0.25) is 0 Å². The number of Topliss-reactive ketones (excluding diaryl/α,β-unsaturated/α-hetero) is 1. The van der Waals surface area contributed by atoms with Crippen molar-refractivity contribution in [2.45, 2.75) is 129 Å². The van der Waals surface area contributed by atoms with Crippen molar-refractivity contribution in [2.75, 3.05) is 0 Å². The SMILES string of the molecule is C=C1C(=O)CC(O[Si](C)(C)C(C)(C)C)C1/C=C/[C@H](CCCCC)O[Si](C)(C)C(C)(C)C. The number of ketones is 1. The summed E-state index contributed by atoms with van der Waals surface area (Å²) in [6, 6.07) is 0. The van der Waals surface area contributed by atoms with Crippen LogP contribution in [0.15, 0.2) is 24.3 Å². The molecule has 5 heteroatoms. The molecule has 0 aromatic rings. The lowest BCUT2D eigenvalue weighted by Crippen LogP contribution is -2.45. The van der Waals surface area contributed by atoms with Gasteiger partial charge in [-0.2, -0.15) is 0 Å². The molecule has 1 saturated carbocycles. The van der Waals surface area contributed by atoms with E-state index in [1.165, 1.54) is 12.8 Å². The molecule has 1 aliphatic carbocycles. The van der Waals surface area contributed by atoms with Crippen LogP contribution >= 0.6 is 0 Å². The summed E-state index contributed by atoms with van der Waals surface area (Å²) >= 11 is 0. The molecule has 0 aliphatic heterocycles. The van der Waals surface area contributed by atoms with Crippen molar-refractivity contribution in [3.05, 3.63) is 24.3 Å². The second-order valence-corrected chi connectivity index (χ2v) is 21.9. The number of rotatable bonds is 10. The fraction of sp³-hybridized carbons (Fsp3) is 0.808. The Bertz CT molecular complexity index is 651. The zero-order valence-corrected chi connectivity index (χ0v) is 24.4. The van der Waals surface area contributed by atoms with Crippen LogP contribution in [0.4, 0.5) is 0 Å². The third-order valence-corrected chi connectivity index (χ3v) is 16.7. The van der Waals surface area contributed by atoms with Gasteiger partial charge in [-0.3, -0.25) is 4.79 Å². The third-order valence-electron chi connectivity index (χ3n) is 7.68. The van der Waals surface area contributed by atoms with Crippen LogP contribution in [0.1, 0.15) is 80.6 Å². The summed E-state index contributed by atoms with van der Waals surface area (Å²) < 4.78 is 13.4. The fourth-order valence-corrected chi connectivity index (χ4v) is 6.00. The second kappa shape index (κ2) is 10.6. The van der Waals surface area contributed by atoms with Gasteiger partial charge in [-0.15, -0.1) is 0 Å². The summed E-state index contributed by atoms with van der Waals surface area (Å²) in [4.78, 5) is 12.5. The van der Waals surface area contributed by atoms with E-state index >= 15 is 0 Å². The summed E-state index contributed by atoms with van der Waals surface area (Å²) in [5.74, 6) is 0.101. The molecule has 0 aromatic heterocycles. The normalized spacial score (nSPS) is 22.5. The number of carbonyl (C=O) groups is 1. The highest BCUT2D eigenvalue weighted by molar-refractivity contribution is 6.74. The topological polar surface area (TPSA) is 35.5 Å². The van der Waals surface area contributed by atoms with E-state index in [0.717, 1.165) is 12.8 Å². The summed E-state index contributed by atoms with van der Waals surface area (Å²) in [6.45, 7) is 29.1. The van der Waals surface area contributed by atoms with Crippen LogP contribution in [0.3, 0.4) is 0 Å². The monoisotopic (exact) mass is 466 g/mol. The molecule has 1 rings (SSSR count). The number of carbonyl (C=O) groups excluding carboxylic acids is 1. The third kappa shape index (κ3) is 7.80. The van der Waals surface area contributed by atoms with Gasteiger partial charge >= 0.3 is 0 Å². The van der Waals surface area contributed by atoms with Gasteiger partial charge in [0.05, 0.1) is 12.2 Å². The van der Waals surface area contributed by atoms with Crippen LogP contribution in [0.25, 0.3) is 0 Å². The van der Waals surface area contributed by atoms with Gasteiger partial charge < -0.3 is 8.85 Å². The van der Waals surface area contributed by atoms with E-state index in [-0.39, 0.29) is 34.0 Å². The molecule has 0 bridgehead atoms. The highest BCUT2D eigenvalue weighted by Crippen LogP contribution is 2.42. The lowest BCUT2D eigenvalue weighted by molar-refractivity contribution is -0.115. The Labute approximate surface area is 195 Å². The summed E-state index contributed by atoms with van der Waals surface area (Å²) in [6.07, 6.45) is 9.44. The zero-order valence-electron chi connectivity index (χ0n) is 22.4. The Balaban J connectivity index is 3.08. The van der Waals surface area contributed by atoms with Gasteiger partial charge in [-0.05, 0) is 48.3 Å². The number of unbranched alkanes of at least 4 members (excludes halogenated alkanes) is 2. The van der Waals surface area contributed by atoms with E-state index in [2.05, 4.69) is 93.4 Å². The summed E-state index contributed by atoms with van der Waals surface area (Å²) in [5, 5.41) is 0.285. The fourth-order valence-electron chi connectivity index (χ4n) is 3.35. The molecular formula is C26H50O3Si2. The molecule has 3 atom stereocenters. The Morgan fingerprint density at radius 1 is 1.03 bits per heavy atom. The van der Waals surface area contributed by atoms with E-state index in [1.54, 1.807) is 0 Å². The Morgan fingerprint density at radius 2 is 1.58 bits per heavy atom. The second-order valence-electron chi connectivity index (χ2n) is 12.4. The molecule has 2 unspecified atom stereocenters. The van der Waals surface area contributed by atoms with E-state index < -0.39 is 16.6 Å². The van der Waals surface area contributed by atoms with Crippen molar-refractivity contribution in [1.82, 2.24) is 0 Å². The minimum Gasteiger partial charge on any atom is -0.413 e. The molecular weight excluding hydrogens is 416 g/mol. The van der Waals surface area contributed by atoms with Gasteiger partial charge in [0.15, 0.2) is 22.4 Å². The number of hydrogen-bond donors (Lipinski definition) is 0. The maximum Gasteiger partial charge on any atom is 0.192 e. The Hall–Kier alpha value is -0.496. The van der Waals surface area contributed by atoms with Crippen LogP contribution in [0.5, 0.6) is 0 Å². The minimum atomic E-state index is -1.97. The highest BCUT2D eigenvalue weighted by atomic mass is 28.4. The van der Waals surface area contributed by atoms with Gasteiger partial charge in [0, 0.05) is 12.3 Å². The van der Waals surface area contributed by atoms with Crippen molar-refractivity contribution >= 4 is 22.4 Å². The largest absolute Gasteiger partial charge is 0.413 e. The lowest BCUT2D eigenvalue weighted by atomic mass is 10.00. The first-order chi connectivity index (χ1) is 13.9. The quantitative estimate of drug-likeness (QED) is 0.141. The van der Waals surface area contributed by atoms with Gasteiger partial charge in [0.25, 0.3) is 0 Å². The molecule has 0 saturated heterocycles. The molecule has 0 radical (unpaired) electrons. The zero-order chi connectivity index (χ0) is 24.3. The average molecular weight is 467 g/mol. The van der Waals surface area contributed by atoms with Crippen molar-refractivity contribution in [3.8, 4) is 0 Å². The van der Waals surface area contributed by atoms with Crippen LogP contribution in [0, 0.1) is 5.92 Å². The molecule has 3 nitrogen and oxygen atoms in total. The smallest absolute Gasteiger partial charge is 0.192 e. The molecule has 0 spiro atoms. The van der Waals surface area contributed by atoms with E-state index in [0.29, 0.717) is 12.0 Å². The van der Waals surface area contributed by atoms with Crippen LogP contribution < -0.4 is 0 Å². The van der Waals surface area contributed by atoms with E-state index in [9.17, 15) is 4.79 Å². The van der Waals surface area contributed by atoms with Crippen molar-refractivity contribution < 1.29 is 13.6 Å². The molecule has 0 amide bonds. The lowest BCUT2D eigenvalue weighted by Gasteiger charge is -2.40. The predicted molar refractivity (Wildman–Crippen MR) is 140 cm³/mol. The Kier molecular flexibility index (Phi) is 9.78. The first-order valence-electron chi connectivity index (χ1n) is 12.2. The highest BCUT2D eigenvalue weighted by Gasteiger charge is 2.44. The van der Waals surface area contributed by atoms with Crippen molar-refractivity contribution in [2.24, 2.45) is 5.92 Å². The van der Waals surface area contributed by atoms with Crippen LogP contribution in [0.2, 0.25) is 36.3 Å². The van der Waals surface area contributed by atoms with E-state index in [1.807, 2.05) is 0 Å². The maximum atomic E-state index is 12.5. The molecule has 1 fully saturated rings. The van der Waals surface area contributed by atoms with Crippen molar-refractivity contribution in [3.63, 3.8) is 0 Å². The van der Waals surface area contributed by atoms with Gasteiger partial charge in [-0.1, -0.05) is 86.5 Å². The van der Waals surface area contributed by atoms with Crippen LogP contribution in [-0.4, -0.2) is 34.6 Å². The molecule has 31 heavy (non-hydrogen) atoms. The first kappa shape index (κ1) is 28.5. The number of hydrogen-bond acceptors (Lipinski definition) is 3. The van der Waals surface area contributed by atoms with Gasteiger partial charge in [-0.25, -0.2) is 0 Å². The average Bonchev–Trinajstić information content (AvgIpc) is 2.83. The van der Waals surface area contributed by atoms with Gasteiger partial charge in [0.1, 0.15) is 0 Å². The van der Waals surface area contributed by atoms with Crippen LogP contribution in [-0.2, 0) is 13.6 Å². The standard InChI is InChI=1S/C26H50O3Si2/c1-13-14-15-16-21(28-30(9,10)25(3,4)5)17-18-22-20(2)23(27)19-24(22)29-31(11,12)26(6,7)8/h17-18,21-22,24H,2,13-16,19H2,1,3-12H3/b18-17+/t21-,22?,24?/m0/s1. The Morgan fingerprint density at radius 3 is 2.06 bits per heavy atom. The molecule has 1 aliphatic rings. The summed E-state index contributed by atoms with van der Waals surface area (Å²) in [7, 11) is -3.85. The molecule has 0 heterocycles. The molecule has 180 valence electrons. The summed E-state index contributed by atoms with van der Waals surface area (Å²) in [5.41, 5.74) is 0.694. The minimum absolute atomic E-state index is 0.0432. The first-order valence-corrected chi connectivity index (χ1v) is 18.0. The molecule has 0 N–H and O–H groups in total. The van der Waals surface area contributed by atoms with E-state index in [4.69, 9.17) is 8.85 Å².